The van der Waals surface area contributed by atoms with Crippen LogP contribution in [-0.2, 0) is 11.2 Å². The quantitative estimate of drug-likeness (QED) is 0.528. The third-order valence-corrected chi connectivity index (χ3v) is 6.78. The molecule has 0 fully saturated rings. The van der Waals surface area contributed by atoms with E-state index in [2.05, 4.69) is 4.98 Å². The van der Waals surface area contributed by atoms with Crippen LogP contribution in [0.15, 0.2) is 66.9 Å². The summed E-state index contributed by atoms with van der Waals surface area (Å²) in [6, 6.07) is 16.8. The highest BCUT2D eigenvalue weighted by Gasteiger charge is 2.34. The second kappa shape index (κ2) is 11.5. The smallest absolute Gasteiger partial charge is 0.259 e. The van der Waals surface area contributed by atoms with Crippen LogP contribution >= 0.6 is 0 Å². The molecule has 3 aromatic rings. The number of benzene rings is 2. The molecule has 0 aliphatic carbocycles. The van der Waals surface area contributed by atoms with E-state index in [0.717, 1.165) is 5.56 Å². The topological polar surface area (TPSA) is 83.0 Å². The van der Waals surface area contributed by atoms with Gasteiger partial charge in [-0.3, -0.25) is 9.59 Å². The average molecular weight is 506 g/mol. The second-order valence-corrected chi connectivity index (χ2v) is 9.64. The van der Waals surface area contributed by atoms with E-state index in [-0.39, 0.29) is 48.0 Å². The minimum atomic E-state index is -0.436. The van der Waals surface area contributed by atoms with Gasteiger partial charge in [-0.25, -0.2) is 9.37 Å². The number of hydrogen-bond acceptors (Lipinski definition) is 5. The summed E-state index contributed by atoms with van der Waals surface area (Å²) in [6.07, 6.45) is 1.43. The van der Waals surface area contributed by atoms with Crippen molar-refractivity contribution in [2.24, 2.45) is 5.92 Å². The minimum absolute atomic E-state index is 0.0411. The normalized spacial score (nSPS) is 18.3. The Labute approximate surface area is 216 Å². The van der Waals surface area contributed by atoms with Crippen LogP contribution in [0.2, 0.25) is 0 Å². The number of pyridine rings is 1. The number of carbonyl (C=O) groups excluding carboxylic acids is 2. The van der Waals surface area contributed by atoms with Crippen LogP contribution < -0.4 is 4.74 Å². The Morgan fingerprint density at radius 2 is 1.89 bits per heavy atom. The van der Waals surface area contributed by atoms with Gasteiger partial charge < -0.3 is 19.6 Å². The summed E-state index contributed by atoms with van der Waals surface area (Å²) in [5.41, 5.74) is 2.55. The van der Waals surface area contributed by atoms with E-state index in [4.69, 9.17) is 4.74 Å². The number of carbonyl (C=O) groups is 2. The van der Waals surface area contributed by atoms with Crippen LogP contribution in [0.5, 0.6) is 5.88 Å². The standard InChI is InChI=1S/C29H32FN3O4/c1-19-16-33(20(2)18-34)29(36)25-14-23(22-9-11-24(30)12-10-22)15-31-28(25)37-26(19)17-32(3)27(35)13-21-7-5-4-6-8-21/h4-12,14-15,19-20,26,34H,13,16-18H2,1-3H3/t19-,20+,26+/m1/s1. The molecule has 0 spiro atoms. The fraction of sp³-hybridized carbons (Fsp3) is 0.345. The van der Waals surface area contributed by atoms with Crippen LogP contribution in [0, 0.1) is 11.7 Å². The predicted molar refractivity (Wildman–Crippen MR) is 139 cm³/mol. The molecule has 1 aromatic heterocycles. The lowest BCUT2D eigenvalue weighted by Gasteiger charge is -2.37. The summed E-state index contributed by atoms with van der Waals surface area (Å²) in [6.45, 7) is 4.20. The van der Waals surface area contributed by atoms with Gasteiger partial charge in [0.2, 0.25) is 11.8 Å². The number of ether oxygens (including phenoxy) is 1. The summed E-state index contributed by atoms with van der Waals surface area (Å²) in [5, 5.41) is 9.85. The van der Waals surface area contributed by atoms with E-state index in [0.29, 0.717) is 24.2 Å². The molecule has 194 valence electrons. The molecule has 1 N–H and O–H groups in total. The lowest BCUT2D eigenvalue weighted by Crippen LogP contribution is -2.50. The summed E-state index contributed by atoms with van der Waals surface area (Å²) in [4.78, 5) is 34.2. The number of amides is 2. The van der Waals surface area contributed by atoms with Crippen molar-refractivity contribution in [1.82, 2.24) is 14.8 Å². The molecular weight excluding hydrogens is 473 g/mol. The molecule has 3 atom stereocenters. The molecule has 8 heteroatoms. The highest BCUT2D eigenvalue weighted by molar-refractivity contribution is 5.98. The van der Waals surface area contributed by atoms with Crippen molar-refractivity contribution >= 4 is 11.8 Å². The molecule has 0 saturated carbocycles. The van der Waals surface area contributed by atoms with Crippen LogP contribution in [0.1, 0.15) is 29.8 Å². The molecule has 37 heavy (non-hydrogen) atoms. The zero-order valence-corrected chi connectivity index (χ0v) is 21.3. The maximum absolute atomic E-state index is 13.6. The van der Waals surface area contributed by atoms with E-state index < -0.39 is 12.1 Å². The van der Waals surface area contributed by atoms with E-state index in [1.165, 1.54) is 12.1 Å². The van der Waals surface area contributed by atoms with Crippen molar-refractivity contribution in [2.45, 2.75) is 32.4 Å². The summed E-state index contributed by atoms with van der Waals surface area (Å²) in [7, 11) is 1.74. The molecule has 2 heterocycles. The number of aliphatic hydroxyl groups is 1. The van der Waals surface area contributed by atoms with Gasteiger partial charge >= 0.3 is 0 Å². The Morgan fingerprint density at radius 3 is 2.57 bits per heavy atom. The van der Waals surface area contributed by atoms with Gasteiger partial charge in [-0.05, 0) is 36.2 Å². The molecule has 1 aliphatic heterocycles. The number of halogens is 1. The van der Waals surface area contributed by atoms with Gasteiger partial charge in [0.1, 0.15) is 17.5 Å². The first-order valence-electron chi connectivity index (χ1n) is 12.4. The number of aromatic nitrogens is 1. The van der Waals surface area contributed by atoms with Crippen LogP contribution in [0.25, 0.3) is 11.1 Å². The summed E-state index contributed by atoms with van der Waals surface area (Å²) >= 11 is 0. The first-order valence-corrected chi connectivity index (χ1v) is 12.4. The molecule has 0 saturated heterocycles. The number of rotatable bonds is 7. The van der Waals surface area contributed by atoms with Gasteiger partial charge in [0.25, 0.3) is 5.91 Å². The lowest BCUT2D eigenvalue weighted by atomic mass is 9.99. The Kier molecular flexibility index (Phi) is 8.18. The second-order valence-electron chi connectivity index (χ2n) is 9.64. The van der Waals surface area contributed by atoms with Crippen molar-refractivity contribution in [3.8, 4) is 17.0 Å². The molecule has 0 radical (unpaired) electrons. The molecule has 2 amide bonds. The maximum Gasteiger partial charge on any atom is 0.259 e. The Balaban J connectivity index is 1.63. The minimum Gasteiger partial charge on any atom is -0.472 e. The van der Waals surface area contributed by atoms with Crippen molar-refractivity contribution in [1.29, 1.82) is 0 Å². The molecule has 1 aliphatic rings. The number of likely N-dealkylation sites (N-methyl/N-ethyl adjacent to an activating group) is 1. The van der Waals surface area contributed by atoms with Gasteiger partial charge in [0.05, 0.1) is 25.6 Å². The van der Waals surface area contributed by atoms with E-state index in [1.807, 2.05) is 37.3 Å². The third kappa shape index (κ3) is 6.14. The first-order chi connectivity index (χ1) is 17.8. The highest BCUT2D eigenvalue weighted by atomic mass is 19.1. The third-order valence-electron chi connectivity index (χ3n) is 6.78. The predicted octanol–water partition coefficient (Wildman–Crippen LogP) is 3.81. The zero-order valence-electron chi connectivity index (χ0n) is 21.3. The molecule has 2 aromatic carbocycles. The lowest BCUT2D eigenvalue weighted by molar-refractivity contribution is -0.130. The van der Waals surface area contributed by atoms with Crippen molar-refractivity contribution in [3.05, 3.63) is 83.8 Å². The van der Waals surface area contributed by atoms with Crippen LogP contribution in [0.3, 0.4) is 0 Å². The molecular formula is C29H32FN3O4. The highest BCUT2D eigenvalue weighted by Crippen LogP contribution is 2.30. The first kappa shape index (κ1) is 26.3. The Hall–Kier alpha value is -3.78. The van der Waals surface area contributed by atoms with Crippen molar-refractivity contribution < 1.29 is 23.8 Å². The fourth-order valence-corrected chi connectivity index (χ4v) is 4.40. The van der Waals surface area contributed by atoms with Crippen LogP contribution in [0.4, 0.5) is 4.39 Å². The molecule has 4 rings (SSSR count). The SMILES string of the molecule is C[C@@H]1CN([C@@H](C)CO)C(=O)c2cc(-c3ccc(F)cc3)cnc2O[C@H]1CN(C)C(=O)Cc1ccccc1. The number of aliphatic hydroxyl groups excluding tert-OH is 1. The summed E-state index contributed by atoms with van der Waals surface area (Å²) < 4.78 is 19.7. The van der Waals surface area contributed by atoms with Crippen molar-refractivity contribution in [3.63, 3.8) is 0 Å². The van der Waals surface area contributed by atoms with E-state index >= 15 is 0 Å². The Bertz CT molecular complexity index is 1240. The largest absolute Gasteiger partial charge is 0.472 e. The van der Waals surface area contributed by atoms with Crippen molar-refractivity contribution in [2.75, 3.05) is 26.7 Å². The number of hydrogen-bond donors (Lipinski definition) is 1. The van der Waals surface area contributed by atoms with Gasteiger partial charge in [-0.2, -0.15) is 0 Å². The van der Waals surface area contributed by atoms with Gasteiger partial charge in [0.15, 0.2) is 0 Å². The monoisotopic (exact) mass is 505 g/mol. The molecule has 0 bridgehead atoms. The van der Waals surface area contributed by atoms with Gasteiger partial charge in [-0.1, -0.05) is 49.4 Å². The maximum atomic E-state index is 13.6. The Morgan fingerprint density at radius 1 is 1.19 bits per heavy atom. The van der Waals surface area contributed by atoms with Crippen LogP contribution in [-0.4, -0.2) is 70.6 Å². The summed E-state index contributed by atoms with van der Waals surface area (Å²) in [5.74, 6) is -0.663. The molecule has 0 unspecified atom stereocenters. The van der Waals surface area contributed by atoms with Gasteiger partial charge in [0, 0.05) is 31.3 Å². The fourth-order valence-electron chi connectivity index (χ4n) is 4.40. The van der Waals surface area contributed by atoms with E-state index in [9.17, 15) is 19.1 Å². The zero-order chi connectivity index (χ0) is 26.5. The molecule has 7 nitrogen and oxygen atoms in total. The van der Waals surface area contributed by atoms with E-state index in [1.54, 1.807) is 48.2 Å². The van der Waals surface area contributed by atoms with Gasteiger partial charge in [-0.15, -0.1) is 0 Å². The number of nitrogens with zero attached hydrogens (tertiary/aromatic N) is 3. The average Bonchev–Trinajstić information content (AvgIpc) is 2.91. The number of fused-ring (bicyclic) bond motifs is 1.